The highest BCUT2D eigenvalue weighted by Gasteiger charge is 2.33. The molecule has 0 saturated carbocycles. The van der Waals surface area contributed by atoms with E-state index >= 15 is 0 Å². The summed E-state index contributed by atoms with van der Waals surface area (Å²) in [6.45, 7) is 5.98. The monoisotopic (exact) mass is 513 g/mol. The molecule has 1 amide bonds. The second-order valence-corrected chi connectivity index (χ2v) is 9.76. The molecule has 0 radical (unpaired) electrons. The van der Waals surface area contributed by atoms with E-state index < -0.39 is 11.7 Å². The average Bonchev–Trinajstić information content (AvgIpc) is 3.36. The minimum absolute atomic E-state index is 0.111. The first kappa shape index (κ1) is 25.3. The Balaban J connectivity index is 1.15. The van der Waals surface area contributed by atoms with Crippen LogP contribution >= 0.6 is 0 Å². The molecule has 0 N–H and O–H groups in total. The number of carbonyl (C=O) groups excluding carboxylic acids is 1. The van der Waals surface area contributed by atoms with Gasteiger partial charge in [0.05, 0.1) is 18.0 Å². The molecule has 3 aromatic rings. The van der Waals surface area contributed by atoms with Crippen LogP contribution in [0.15, 0.2) is 53.1 Å². The number of amides is 1. The number of aromatic nitrogens is 2. The number of piperidine rings is 1. The lowest BCUT2D eigenvalue weighted by atomic mass is 9.96. The Labute approximate surface area is 213 Å². The van der Waals surface area contributed by atoms with Crippen molar-refractivity contribution in [2.24, 2.45) is 5.92 Å². The lowest BCUT2D eigenvalue weighted by Gasteiger charge is -2.39. The molecular weight excluding hydrogens is 483 g/mol. The van der Waals surface area contributed by atoms with Gasteiger partial charge in [0, 0.05) is 44.0 Å². The van der Waals surface area contributed by atoms with Gasteiger partial charge >= 0.3 is 6.18 Å². The molecule has 0 spiro atoms. The number of hydrogen-bond donors (Lipinski definition) is 0. The number of piperazine rings is 1. The SMILES string of the molecule is Cc1ccccc1-c1noc(CN2CCCC(C(=O)N3CCN(c4cccc(C(F)(F)F)c4)CC3)C2)n1. The first-order valence-corrected chi connectivity index (χ1v) is 12.6. The second kappa shape index (κ2) is 10.5. The predicted molar refractivity (Wildman–Crippen MR) is 133 cm³/mol. The third-order valence-corrected chi connectivity index (χ3v) is 7.20. The minimum Gasteiger partial charge on any atom is -0.368 e. The molecule has 1 aromatic heterocycles. The van der Waals surface area contributed by atoms with Gasteiger partial charge in [-0.15, -0.1) is 0 Å². The Hall–Kier alpha value is -3.40. The Kier molecular flexibility index (Phi) is 7.19. The number of halogens is 3. The molecule has 37 heavy (non-hydrogen) atoms. The van der Waals surface area contributed by atoms with Crippen molar-refractivity contribution < 1.29 is 22.5 Å². The van der Waals surface area contributed by atoms with Crippen molar-refractivity contribution >= 4 is 11.6 Å². The number of carbonyl (C=O) groups is 1. The van der Waals surface area contributed by atoms with Gasteiger partial charge in [-0.1, -0.05) is 35.5 Å². The smallest absolute Gasteiger partial charge is 0.368 e. The van der Waals surface area contributed by atoms with Crippen LogP contribution in [-0.4, -0.2) is 65.1 Å². The van der Waals surface area contributed by atoms with Crippen molar-refractivity contribution in [3.8, 4) is 11.4 Å². The summed E-state index contributed by atoms with van der Waals surface area (Å²) in [4.78, 5) is 23.8. The molecule has 2 saturated heterocycles. The van der Waals surface area contributed by atoms with E-state index in [4.69, 9.17) is 4.52 Å². The summed E-state index contributed by atoms with van der Waals surface area (Å²) in [7, 11) is 0. The van der Waals surface area contributed by atoms with Crippen LogP contribution in [0.3, 0.4) is 0 Å². The number of anilines is 1. The molecule has 2 fully saturated rings. The molecule has 196 valence electrons. The third-order valence-electron chi connectivity index (χ3n) is 7.20. The Morgan fingerprint density at radius 2 is 1.84 bits per heavy atom. The normalized spacial score (nSPS) is 19.3. The summed E-state index contributed by atoms with van der Waals surface area (Å²) in [5.74, 6) is 1.09. The van der Waals surface area contributed by atoms with Crippen molar-refractivity contribution in [2.75, 3.05) is 44.2 Å². The van der Waals surface area contributed by atoms with E-state index in [0.29, 0.717) is 56.7 Å². The largest absolute Gasteiger partial charge is 0.416 e. The van der Waals surface area contributed by atoms with Crippen LogP contribution < -0.4 is 4.90 Å². The van der Waals surface area contributed by atoms with Crippen LogP contribution in [0, 0.1) is 12.8 Å². The van der Waals surface area contributed by atoms with Gasteiger partial charge in [-0.2, -0.15) is 18.2 Å². The van der Waals surface area contributed by atoms with Gasteiger partial charge in [-0.3, -0.25) is 9.69 Å². The van der Waals surface area contributed by atoms with Crippen LogP contribution in [0.4, 0.5) is 18.9 Å². The van der Waals surface area contributed by atoms with Crippen molar-refractivity contribution in [2.45, 2.75) is 32.5 Å². The maximum absolute atomic E-state index is 13.3. The number of benzene rings is 2. The van der Waals surface area contributed by atoms with E-state index in [9.17, 15) is 18.0 Å². The summed E-state index contributed by atoms with van der Waals surface area (Å²) in [6.07, 6.45) is -2.65. The number of aryl methyl sites for hydroxylation is 1. The molecule has 10 heteroatoms. The van der Waals surface area contributed by atoms with Crippen molar-refractivity contribution in [1.29, 1.82) is 0 Å². The molecule has 1 unspecified atom stereocenters. The number of alkyl halides is 3. The first-order chi connectivity index (χ1) is 17.8. The van der Waals surface area contributed by atoms with Crippen LogP contribution in [0.25, 0.3) is 11.4 Å². The lowest BCUT2D eigenvalue weighted by Crippen LogP contribution is -2.52. The maximum Gasteiger partial charge on any atom is 0.416 e. The summed E-state index contributed by atoms with van der Waals surface area (Å²) in [6, 6.07) is 13.3. The molecule has 3 heterocycles. The molecule has 1 atom stereocenters. The zero-order valence-corrected chi connectivity index (χ0v) is 20.7. The summed E-state index contributed by atoms with van der Waals surface area (Å²) >= 11 is 0. The molecule has 2 aliphatic heterocycles. The van der Waals surface area contributed by atoms with Crippen LogP contribution in [-0.2, 0) is 17.5 Å². The van der Waals surface area contributed by atoms with Crippen molar-refractivity contribution in [3.05, 3.63) is 65.5 Å². The molecule has 2 aliphatic rings. The third kappa shape index (κ3) is 5.79. The minimum atomic E-state index is -4.37. The molecule has 2 aromatic carbocycles. The van der Waals surface area contributed by atoms with Crippen LogP contribution in [0.2, 0.25) is 0 Å². The van der Waals surface area contributed by atoms with Crippen LogP contribution in [0.5, 0.6) is 0 Å². The predicted octanol–water partition coefficient (Wildman–Crippen LogP) is 4.62. The highest BCUT2D eigenvalue weighted by molar-refractivity contribution is 5.79. The van der Waals surface area contributed by atoms with Crippen LogP contribution in [0.1, 0.15) is 29.9 Å². The number of hydrogen-bond acceptors (Lipinski definition) is 6. The maximum atomic E-state index is 13.3. The summed E-state index contributed by atoms with van der Waals surface area (Å²) in [5.41, 5.74) is 1.90. The highest BCUT2D eigenvalue weighted by atomic mass is 19.4. The number of nitrogens with zero attached hydrogens (tertiary/aromatic N) is 5. The quantitative estimate of drug-likeness (QED) is 0.496. The zero-order valence-electron chi connectivity index (χ0n) is 20.7. The lowest BCUT2D eigenvalue weighted by molar-refractivity contribution is -0.138. The fourth-order valence-corrected chi connectivity index (χ4v) is 5.17. The van der Waals surface area contributed by atoms with Gasteiger partial charge in [0.1, 0.15) is 0 Å². The fraction of sp³-hybridized carbons (Fsp3) is 0.444. The van der Waals surface area contributed by atoms with E-state index in [1.54, 1.807) is 6.07 Å². The van der Waals surface area contributed by atoms with E-state index in [0.717, 1.165) is 36.6 Å². The van der Waals surface area contributed by atoms with Crippen molar-refractivity contribution in [1.82, 2.24) is 19.9 Å². The van der Waals surface area contributed by atoms with Gasteiger partial charge < -0.3 is 14.3 Å². The second-order valence-electron chi connectivity index (χ2n) is 9.76. The molecular formula is C27H30F3N5O2. The van der Waals surface area contributed by atoms with E-state index in [1.807, 2.05) is 41.0 Å². The van der Waals surface area contributed by atoms with Gasteiger partial charge in [-0.05, 0) is 50.1 Å². The van der Waals surface area contributed by atoms with Crippen molar-refractivity contribution in [3.63, 3.8) is 0 Å². The highest BCUT2D eigenvalue weighted by Crippen LogP contribution is 2.32. The van der Waals surface area contributed by atoms with Gasteiger partial charge in [0.2, 0.25) is 17.6 Å². The zero-order chi connectivity index (χ0) is 26.0. The molecule has 0 aliphatic carbocycles. The Morgan fingerprint density at radius 1 is 1.05 bits per heavy atom. The Bertz CT molecular complexity index is 1240. The Morgan fingerprint density at radius 3 is 2.59 bits per heavy atom. The number of likely N-dealkylation sites (tertiary alicyclic amines) is 1. The molecule has 5 rings (SSSR count). The molecule has 7 nitrogen and oxygen atoms in total. The van der Waals surface area contributed by atoms with E-state index in [-0.39, 0.29) is 11.8 Å². The molecule has 0 bridgehead atoms. The first-order valence-electron chi connectivity index (χ1n) is 12.6. The fourth-order valence-electron chi connectivity index (χ4n) is 5.17. The standard InChI is InChI=1S/C27H30F3N5O2/c1-19-6-2-3-10-23(19)25-31-24(37-32-25)18-33-11-5-7-20(17-33)26(36)35-14-12-34(13-15-35)22-9-4-8-21(16-22)27(28,29)30/h2-4,6,8-10,16,20H,5,7,11-15,17-18H2,1H3. The summed E-state index contributed by atoms with van der Waals surface area (Å²) < 4.78 is 44.8. The van der Waals surface area contributed by atoms with E-state index in [2.05, 4.69) is 15.0 Å². The average molecular weight is 514 g/mol. The topological polar surface area (TPSA) is 65.7 Å². The van der Waals surface area contributed by atoms with Gasteiger partial charge in [0.15, 0.2) is 0 Å². The van der Waals surface area contributed by atoms with Gasteiger partial charge in [-0.25, -0.2) is 0 Å². The van der Waals surface area contributed by atoms with Gasteiger partial charge in [0.25, 0.3) is 0 Å². The van der Waals surface area contributed by atoms with E-state index in [1.165, 1.54) is 12.1 Å². The number of rotatable bonds is 5. The summed E-state index contributed by atoms with van der Waals surface area (Å²) in [5, 5.41) is 4.14.